The fourth-order valence-corrected chi connectivity index (χ4v) is 1.76. The number of nitrogens with one attached hydrogen (secondary N) is 2. The lowest BCUT2D eigenvalue weighted by Crippen LogP contribution is -2.15. The second kappa shape index (κ2) is 7.48. The summed E-state index contributed by atoms with van der Waals surface area (Å²) in [7, 11) is 0. The van der Waals surface area contributed by atoms with Gasteiger partial charge in [-0.3, -0.25) is 9.59 Å². The van der Waals surface area contributed by atoms with Crippen molar-refractivity contribution in [1.82, 2.24) is 0 Å². The maximum Gasteiger partial charge on any atom is 0.250 e. The van der Waals surface area contributed by atoms with Crippen LogP contribution in [0.5, 0.6) is 0 Å². The van der Waals surface area contributed by atoms with Gasteiger partial charge in [-0.25, -0.2) is 0 Å². The highest BCUT2D eigenvalue weighted by atomic mass is 16.2. The normalized spacial score (nSPS) is 11.1. The third-order valence-electron chi connectivity index (χ3n) is 3.05. The van der Waals surface area contributed by atoms with Crippen molar-refractivity contribution in [1.29, 1.82) is 0 Å². The molecule has 2 amide bonds. The van der Waals surface area contributed by atoms with E-state index in [0.717, 1.165) is 17.7 Å². The summed E-state index contributed by atoms with van der Waals surface area (Å²) in [6.07, 6.45) is 3.13. The second-order valence-corrected chi connectivity index (χ2v) is 4.63. The van der Waals surface area contributed by atoms with Crippen molar-refractivity contribution in [3.05, 3.63) is 35.4 Å². The highest BCUT2D eigenvalue weighted by Crippen LogP contribution is 2.23. The largest absolute Gasteiger partial charge is 0.326 e. The van der Waals surface area contributed by atoms with Crippen LogP contribution < -0.4 is 10.6 Å². The molecular weight excluding hydrogens is 252 g/mol. The van der Waals surface area contributed by atoms with Crippen LogP contribution in [0.4, 0.5) is 11.4 Å². The lowest BCUT2D eigenvalue weighted by molar-refractivity contribution is -0.116. The number of carbonyl (C=O) groups excluding carboxylic acids is 2. The molecule has 1 aromatic rings. The van der Waals surface area contributed by atoms with Gasteiger partial charge in [0.05, 0.1) is 0 Å². The zero-order valence-corrected chi connectivity index (χ0v) is 12.5. The Kier molecular flexibility index (Phi) is 5.97. The number of hydrogen-bond donors (Lipinski definition) is 2. The maximum absolute atomic E-state index is 12.0. The molecule has 0 saturated heterocycles. The standard InChI is InChI=1S/C16H22N2O2/c1-5-8-11(3)16(20)18-14-10-7-9-13(12(14)4)17-15(19)6-2/h7-10H,5-6H2,1-4H3,(H,17,19)(H,18,20). The van der Waals surface area contributed by atoms with E-state index in [1.807, 2.05) is 38.1 Å². The molecule has 0 atom stereocenters. The van der Waals surface area contributed by atoms with Crippen LogP contribution in [-0.4, -0.2) is 11.8 Å². The van der Waals surface area contributed by atoms with E-state index in [0.29, 0.717) is 17.7 Å². The zero-order valence-electron chi connectivity index (χ0n) is 12.5. The predicted octanol–water partition coefficient (Wildman–Crippen LogP) is 3.64. The van der Waals surface area contributed by atoms with E-state index in [4.69, 9.17) is 0 Å². The molecule has 4 nitrogen and oxygen atoms in total. The number of allylic oxidation sites excluding steroid dienone is 1. The van der Waals surface area contributed by atoms with Crippen molar-refractivity contribution in [3.8, 4) is 0 Å². The summed E-state index contributed by atoms with van der Waals surface area (Å²) in [6.45, 7) is 7.45. The van der Waals surface area contributed by atoms with Crippen molar-refractivity contribution in [3.63, 3.8) is 0 Å². The summed E-state index contributed by atoms with van der Waals surface area (Å²) < 4.78 is 0. The number of carbonyl (C=O) groups is 2. The first-order valence-corrected chi connectivity index (χ1v) is 6.87. The topological polar surface area (TPSA) is 58.2 Å². The van der Waals surface area contributed by atoms with Crippen molar-refractivity contribution in [2.24, 2.45) is 0 Å². The first kappa shape index (κ1) is 16.0. The smallest absolute Gasteiger partial charge is 0.250 e. The predicted molar refractivity (Wildman–Crippen MR) is 82.8 cm³/mol. The van der Waals surface area contributed by atoms with Gasteiger partial charge in [-0.2, -0.15) is 0 Å². The van der Waals surface area contributed by atoms with E-state index < -0.39 is 0 Å². The number of amides is 2. The zero-order chi connectivity index (χ0) is 15.1. The van der Waals surface area contributed by atoms with Gasteiger partial charge in [-0.15, -0.1) is 0 Å². The van der Waals surface area contributed by atoms with E-state index in [2.05, 4.69) is 10.6 Å². The van der Waals surface area contributed by atoms with Crippen LogP contribution in [-0.2, 0) is 9.59 Å². The van der Waals surface area contributed by atoms with Crippen molar-refractivity contribution >= 4 is 23.2 Å². The first-order chi connectivity index (χ1) is 9.49. The van der Waals surface area contributed by atoms with Crippen molar-refractivity contribution < 1.29 is 9.59 Å². The van der Waals surface area contributed by atoms with E-state index in [9.17, 15) is 9.59 Å². The van der Waals surface area contributed by atoms with Gasteiger partial charge < -0.3 is 10.6 Å². The minimum Gasteiger partial charge on any atom is -0.326 e. The number of rotatable bonds is 5. The number of benzene rings is 1. The molecule has 0 aliphatic carbocycles. The van der Waals surface area contributed by atoms with Gasteiger partial charge >= 0.3 is 0 Å². The molecule has 20 heavy (non-hydrogen) atoms. The third kappa shape index (κ3) is 4.23. The van der Waals surface area contributed by atoms with Gasteiger partial charge in [0.2, 0.25) is 5.91 Å². The van der Waals surface area contributed by atoms with Gasteiger partial charge in [0, 0.05) is 23.4 Å². The average Bonchev–Trinajstić information content (AvgIpc) is 2.43. The van der Waals surface area contributed by atoms with Gasteiger partial charge in [0.15, 0.2) is 0 Å². The van der Waals surface area contributed by atoms with E-state index in [1.54, 1.807) is 13.8 Å². The van der Waals surface area contributed by atoms with Crippen LogP contribution in [0.1, 0.15) is 39.2 Å². The Morgan fingerprint density at radius 1 is 1.15 bits per heavy atom. The lowest BCUT2D eigenvalue weighted by atomic mass is 10.1. The molecule has 0 aromatic heterocycles. The molecule has 1 aromatic carbocycles. The van der Waals surface area contributed by atoms with Crippen molar-refractivity contribution in [2.45, 2.75) is 40.5 Å². The maximum atomic E-state index is 12.0. The highest BCUT2D eigenvalue weighted by Gasteiger charge is 2.10. The quantitative estimate of drug-likeness (QED) is 0.805. The summed E-state index contributed by atoms with van der Waals surface area (Å²) in [4.78, 5) is 23.4. The summed E-state index contributed by atoms with van der Waals surface area (Å²) in [5, 5.41) is 5.69. The lowest BCUT2D eigenvalue weighted by Gasteiger charge is -2.13. The molecule has 0 fully saturated rings. The fraction of sp³-hybridized carbons (Fsp3) is 0.375. The molecule has 0 bridgehead atoms. The minimum absolute atomic E-state index is 0.0429. The molecule has 0 saturated carbocycles. The Morgan fingerprint density at radius 2 is 1.75 bits per heavy atom. The molecule has 0 spiro atoms. The highest BCUT2D eigenvalue weighted by molar-refractivity contribution is 6.04. The Balaban J connectivity index is 2.92. The van der Waals surface area contributed by atoms with E-state index in [-0.39, 0.29) is 11.8 Å². The van der Waals surface area contributed by atoms with Crippen LogP contribution in [0.25, 0.3) is 0 Å². The SMILES string of the molecule is CCC=C(C)C(=O)Nc1cccc(NC(=O)CC)c1C. The Morgan fingerprint density at radius 3 is 2.30 bits per heavy atom. The van der Waals surface area contributed by atoms with Gasteiger partial charge in [-0.1, -0.05) is 26.0 Å². The summed E-state index contributed by atoms with van der Waals surface area (Å²) in [6, 6.07) is 5.47. The molecule has 108 valence electrons. The molecule has 0 radical (unpaired) electrons. The summed E-state index contributed by atoms with van der Waals surface area (Å²) in [5.41, 5.74) is 2.99. The van der Waals surface area contributed by atoms with Crippen LogP contribution in [0.2, 0.25) is 0 Å². The Hall–Kier alpha value is -2.10. The molecule has 0 unspecified atom stereocenters. The first-order valence-electron chi connectivity index (χ1n) is 6.87. The monoisotopic (exact) mass is 274 g/mol. The van der Waals surface area contributed by atoms with Crippen molar-refractivity contribution in [2.75, 3.05) is 10.6 Å². The minimum atomic E-state index is -0.117. The van der Waals surface area contributed by atoms with Crippen LogP contribution in [0, 0.1) is 6.92 Å². The Labute approximate surface area is 120 Å². The van der Waals surface area contributed by atoms with E-state index in [1.165, 1.54) is 0 Å². The second-order valence-electron chi connectivity index (χ2n) is 4.63. The molecular formula is C16H22N2O2. The van der Waals surface area contributed by atoms with Crippen LogP contribution >= 0.6 is 0 Å². The van der Waals surface area contributed by atoms with Gasteiger partial charge in [-0.05, 0) is 38.0 Å². The molecule has 0 aliphatic heterocycles. The molecule has 1 rings (SSSR count). The number of anilines is 2. The average molecular weight is 274 g/mol. The van der Waals surface area contributed by atoms with Gasteiger partial charge in [0.25, 0.3) is 5.91 Å². The Bertz CT molecular complexity index is 533. The van der Waals surface area contributed by atoms with Gasteiger partial charge in [0.1, 0.15) is 0 Å². The summed E-state index contributed by atoms with van der Waals surface area (Å²) >= 11 is 0. The molecule has 0 aliphatic rings. The number of hydrogen-bond acceptors (Lipinski definition) is 2. The molecule has 2 N–H and O–H groups in total. The van der Waals surface area contributed by atoms with Crippen LogP contribution in [0.3, 0.4) is 0 Å². The summed E-state index contributed by atoms with van der Waals surface area (Å²) in [5.74, 6) is -0.160. The fourth-order valence-electron chi connectivity index (χ4n) is 1.76. The van der Waals surface area contributed by atoms with E-state index >= 15 is 0 Å². The van der Waals surface area contributed by atoms with Crippen LogP contribution in [0.15, 0.2) is 29.8 Å². The molecule has 4 heteroatoms. The third-order valence-corrected chi connectivity index (χ3v) is 3.05. The molecule has 0 heterocycles.